The monoisotopic (exact) mass is 792 g/mol. The molecule has 4 unspecified atom stereocenters. The van der Waals surface area contributed by atoms with Crippen LogP contribution in [0.2, 0.25) is 5.02 Å². The maximum absolute atomic E-state index is 13.7. The molecule has 2 saturated carbocycles. The lowest BCUT2D eigenvalue weighted by molar-refractivity contribution is -0.606. The molecule has 1 heterocycles. The van der Waals surface area contributed by atoms with Crippen LogP contribution in [0.25, 0.3) is 11.1 Å². The number of hydrogen-bond acceptors (Lipinski definition) is 11. The number of halogens is 1. The van der Waals surface area contributed by atoms with Crippen molar-refractivity contribution in [2.45, 2.75) is 93.1 Å². The molecule has 5 rings (SSSR count). The third-order valence-electron chi connectivity index (χ3n) is 9.55. The number of carbonyl (C=O) groups is 1. The van der Waals surface area contributed by atoms with Crippen LogP contribution in [0, 0.1) is 5.21 Å². The Kier molecular flexibility index (Phi) is 14.1. The zero-order valence-electron chi connectivity index (χ0n) is 30.0. The summed E-state index contributed by atoms with van der Waals surface area (Å²) in [6, 6.07) is 13.3. The summed E-state index contributed by atoms with van der Waals surface area (Å²) in [6.07, 6.45) is 0.472. The van der Waals surface area contributed by atoms with Gasteiger partial charge in [-0.1, -0.05) is 36.7 Å². The average molecular weight is 793 g/mol. The van der Waals surface area contributed by atoms with Gasteiger partial charge in [-0.15, -0.1) is 0 Å². The second kappa shape index (κ2) is 18.4. The number of carbonyl (C=O) groups excluding carboxylic acids is 1. The number of ether oxygens (including phenoxy) is 2. The molecule has 2 amide bonds. The van der Waals surface area contributed by atoms with Crippen LogP contribution >= 0.6 is 11.6 Å². The van der Waals surface area contributed by atoms with Crippen molar-refractivity contribution in [2.75, 3.05) is 32.8 Å². The van der Waals surface area contributed by atoms with Gasteiger partial charge in [-0.25, -0.2) is 13.2 Å². The van der Waals surface area contributed by atoms with E-state index in [1.54, 1.807) is 13.0 Å². The van der Waals surface area contributed by atoms with Gasteiger partial charge in [0.15, 0.2) is 12.4 Å². The van der Waals surface area contributed by atoms with E-state index in [1.165, 1.54) is 34.9 Å². The molecule has 0 aliphatic heterocycles. The highest BCUT2D eigenvalue weighted by molar-refractivity contribution is 7.89. The molecule has 0 spiro atoms. The number of unbranched alkanes of at least 4 members (excludes halogenated alkanes) is 1. The lowest BCUT2D eigenvalue weighted by Crippen LogP contribution is -2.50. The Morgan fingerprint density at radius 1 is 1.04 bits per heavy atom. The highest BCUT2D eigenvalue weighted by Gasteiger charge is 2.49. The van der Waals surface area contributed by atoms with Gasteiger partial charge < -0.3 is 50.8 Å². The molecule has 54 heavy (non-hydrogen) atoms. The lowest BCUT2D eigenvalue weighted by Gasteiger charge is -2.25. The number of sulfonamides is 1. The van der Waals surface area contributed by atoms with E-state index in [-0.39, 0.29) is 37.2 Å². The second-order valence-corrected chi connectivity index (χ2v) is 16.0. The van der Waals surface area contributed by atoms with E-state index >= 15 is 0 Å². The number of aliphatic hydroxyl groups is 5. The smallest absolute Gasteiger partial charge is 0.314 e. The summed E-state index contributed by atoms with van der Waals surface area (Å²) in [5.41, 5.74) is 2.14. The van der Waals surface area contributed by atoms with Crippen molar-refractivity contribution in [3.8, 4) is 16.9 Å². The molecule has 2 aromatic carbocycles. The van der Waals surface area contributed by atoms with E-state index in [2.05, 4.69) is 10.6 Å². The largest absolute Gasteiger partial charge is 0.619 e. The highest BCUT2D eigenvalue weighted by atomic mass is 35.5. The quantitative estimate of drug-likeness (QED) is 0.0469. The predicted octanol–water partition coefficient (Wildman–Crippen LogP) is 1.91. The van der Waals surface area contributed by atoms with Crippen molar-refractivity contribution in [3.05, 3.63) is 82.3 Å². The fourth-order valence-corrected chi connectivity index (χ4v) is 7.74. The molecule has 3 aromatic rings. The van der Waals surface area contributed by atoms with Gasteiger partial charge in [0.25, 0.3) is 0 Å². The van der Waals surface area contributed by atoms with Crippen molar-refractivity contribution in [1.29, 1.82) is 0 Å². The lowest BCUT2D eigenvalue weighted by atomic mass is 9.96. The van der Waals surface area contributed by atoms with Gasteiger partial charge in [-0.2, -0.15) is 9.04 Å². The first-order valence-electron chi connectivity index (χ1n) is 18.1. The molecule has 0 saturated heterocycles. The maximum Gasteiger partial charge on any atom is 0.314 e. The van der Waals surface area contributed by atoms with Crippen molar-refractivity contribution < 1.29 is 52.9 Å². The number of urea groups is 1. The molecule has 2 fully saturated rings. The molecule has 4 atom stereocenters. The predicted molar refractivity (Wildman–Crippen MR) is 198 cm³/mol. The van der Waals surface area contributed by atoms with Gasteiger partial charge >= 0.3 is 6.03 Å². The van der Waals surface area contributed by atoms with Crippen LogP contribution in [0.1, 0.15) is 56.6 Å². The van der Waals surface area contributed by atoms with Crippen LogP contribution < -0.4 is 20.1 Å². The Morgan fingerprint density at radius 2 is 1.76 bits per heavy atom. The first-order chi connectivity index (χ1) is 25.8. The van der Waals surface area contributed by atoms with Crippen LogP contribution in [0.4, 0.5) is 4.79 Å². The molecule has 2 aliphatic carbocycles. The minimum absolute atomic E-state index is 0.0106. The Balaban J connectivity index is 1.16. The Morgan fingerprint density at radius 3 is 2.44 bits per heavy atom. The van der Waals surface area contributed by atoms with E-state index in [0.29, 0.717) is 36.3 Å². The molecular formula is C37H49ClN4O11S. The Hall–Kier alpha value is -3.58. The Bertz CT molecular complexity index is 1840. The molecule has 17 heteroatoms. The normalized spacial score (nSPS) is 17.4. The molecular weight excluding hydrogens is 744 g/mol. The molecule has 2 aliphatic rings. The molecule has 296 valence electrons. The number of hydrogen-bond donors (Lipinski definition) is 7. The van der Waals surface area contributed by atoms with Gasteiger partial charge in [0, 0.05) is 48.4 Å². The minimum atomic E-state index is -3.93. The summed E-state index contributed by atoms with van der Waals surface area (Å²) in [5.74, 6) is 0.744. The van der Waals surface area contributed by atoms with Gasteiger partial charge in [-0.3, -0.25) is 0 Å². The molecule has 15 nitrogen and oxygen atoms in total. The van der Waals surface area contributed by atoms with Crippen LogP contribution in [0.5, 0.6) is 5.75 Å². The van der Waals surface area contributed by atoms with Crippen LogP contribution in [0.15, 0.2) is 65.8 Å². The third-order valence-corrected chi connectivity index (χ3v) is 11.9. The number of pyridine rings is 1. The SMILES string of the molecule is CCN(CCCCNC(=O)NCC(O)C(O)C(O)C(O)CO)S(=O)(=O)c1ccc(Cl)c(COC2(c3c[n+]([O-])ccc3-c3ccccc3OC3CC3)CC2)c1. The molecule has 1 aromatic heterocycles. The Labute approximate surface area is 319 Å². The molecule has 0 bridgehead atoms. The van der Waals surface area contributed by atoms with Crippen LogP contribution in [-0.4, -0.2) is 108 Å². The number of nitrogens with one attached hydrogen (secondary N) is 2. The topological polar surface area (TPSA) is 225 Å². The number of aromatic nitrogens is 1. The van der Waals surface area contributed by atoms with E-state index in [4.69, 9.17) is 26.2 Å². The van der Waals surface area contributed by atoms with Crippen molar-refractivity contribution in [1.82, 2.24) is 14.9 Å². The van der Waals surface area contributed by atoms with Gasteiger partial charge in [0.2, 0.25) is 10.0 Å². The zero-order chi connectivity index (χ0) is 39.0. The van der Waals surface area contributed by atoms with E-state index in [9.17, 15) is 38.8 Å². The first kappa shape index (κ1) is 41.6. The van der Waals surface area contributed by atoms with E-state index < -0.39 is 59.2 Å². The summed E-state index contributed by atoms with van der Waals surface area (Å²) in [5, 5.41) is 65.6. The number of benzene rings is 2. The van der Waals surface area contributed by atoms with Crippen molar-refractivity contribution in [2.24, 2.45) is 0 Å². The van der Waals surface area contributed by atoms with Crippen LogP contribution in [0.3, 0.4) is 0 Å². The summed E-state index contributed by atoms with van der Waals surface area (Å²) in [7, 11) is -3.93. The fourth-order valence-electron chi connectivity index (χ4n) is 6.03. The minimum Gasteiger partial charge on any atom is -0.619 e. The maximum atomic E-state index is 13.7. The summed E-state index contributed by atoms with van der Waals surface area (Å²) in [4.78, 5) is 12.2. The second-order valence-electron chi connectivity index (χ2n) is 13.6. The standard InChI is InChI=1S/C37H49ClN4O11S/c1-2-42(17-6-5-16-39-36(48)40-20-31(44)34(46)35(47)32(45)22-43)54(50,51)26-11-12-30(38)24(19-26)23-52-37(14-15-37)29-21-41(49)18-13-27(29)28-7-3-4-8-33(28)53-25-9-10-25/h3-4,7-8,11-13,18-19,21,25,31-32,34-35,43-47H,2,5-6,9-10,14-17,20,22-23H2,1H3,(H2,39,40,48). The summed E-state index contributed by atoms with van der Waals surface area (Å²) < 4.78 is 42.2. The average Bonchev–Trinajstić information content (AvgIpc) is 4.11. The number of rotatable bonds is 21. The zero-order valence-corrected chi connectivity index (χ0v) is 31.6. The first-order valence-corrected chi connectivity index (χ1v) is 19.9. The van der Waals surface area contributed by atoms with Crippen molar-refractivity contribution in [3.63, 3.8) is 0 Å². The highest BCUT2D eigenvalue weighted by Crippen LogP contribution is 2.53. The number of amides is 2. The fraction of sp³-hybridized carbons (Fsp3) is 0.514. The van der Waals surface area contributed by atoms with Gasteiger partial charge in [0.05, 0.1) is 35.9 Å². The van der Waals surface area contributed by atoms with Gasteiger partial charge in [0.1, 0.15) is 29.7 Å². The number of para-hydroxylation sites is 1. The molecule has 7 N–H and O–H groups in total. The number of aliphatic hydroxyl groups excluding tert-OH is 5. The van der Waals surface area contributed by atoms with Crippen molar-refractivity contribution >= 4 is 27.7 Å². The van der Waals surface area contributed by atoms with E-state index in [1.807, 2.05) is 24.3 Å². The summed E-state index contributed by atoms with van der Waals surface area (Å²) >= 11 is 6.56. The molecule has 0 radical (unpaired) electrons. The number of nitrogens with zero attached hydrogens (tertiary/aromatic N) is 2. The third kappa shape index (κ3) is 10.4. The summed E-state index contributed by atoms with van der Waals surface area (Å²) in [6.45, 7) is 1.04. The van der Waals surface area contributed by atoms with Gasteiger partial charge in [-0.05, 0) is 68.4 Å². The van der Waals surface area contributed by atoms with E-state index in [0.717, 1.165) is 40.0 Å². The van der Waals surface area contributed by atoms with Crippen LogP contribution in [-0.2, 0) is 27.0 Å².